The lowest BCUT2D eigenvalue weighted by atomic mass is 9.32. The van der Waals surface area contributed by atoms with Gasteiger partial charge in [-0.15, -0.1) is 0 Å². The second-order valence-corrected chi connectivity index (χ2v) is 14.7. The summed E-state index contributed by atoms with van der Waals surface area (Å²) in [5.41, 5.74) is -2.59. The summed E-state index contributed by atoms with van der Waals surface area (Å²) in [7, 11) is 0. The highest BCUT2D eigenvalue weighted by Gasteiger charge is 2.76. The third kappa shape index (κ3) is 2.69. The first-order chi connectivity index (χ1) is 16.0. The topological polar surface area (TPSA) is 98.0 Å². The van der Waals surface area contributed by atoms with Gasteiger partial charge in [0.25, 0.3) is 0 Å². The van der Waals surface area contributed by atoms with Gasteiger partial charge < -0.3 is 20.4 Å². The number of allylic oxidation sites excluding steroid dienone is 2. The van der Waals surface area contributed by atoms with Crippen molar-refractivity contribution in [2.45, 2.75) is 118 Å². The number of fused-ring (bicyclic) bond motifs is 7. The van der Waals surface area contributed by atoms with E-state index in [1.807, 2.05) is 13.8 Å². The van der Waals surface area contributed by atoms with E-state index in [-0.39, 0.29) is 22.7 Å². The van der Waals surface area contributed by atoms with Gasteiger partial charge in [-0.25, -0.2) is 0 Å². The first-order valence-electron chi connectivity index (χ1n) is 14.1. The van der Waals surface area contributed by atoms with Crippen molar-refractivity contribution >= 4 is 5.97 Å². The summed E-state index contributed by atoms with van der Waals surface area (Å²) < 4.78 is 0. The molecule has 4 N–H and O–H groups in total. The van der Waals surface area contributed by atoms with Crippen LogP contribution >= 0.6 is 0 Å². The Morgan fingerprint density at radius 2 is 1.57 bits per heavy atom. The Balaban J connectivity index is 1.67. The lowest BCUT2D eigenvalue weighted by Crippen LogP contribution is -2.77. The lowest BCUT2D eigenvalue weighted by Gasteiger charge is -2.74. The zero-order chi connectivity index (χ0) is 26.0. The van der Waals surface area contributed by atoms with Crippen molar-refractivity contribution in [1.82, 2.24) is 0 Å². The lowest BCUT2D eigenvalue weighted by molar-refractivity contribution is -0.329. The number of carbonyl (C=O) groups is 1. The molecule has 35 heavy (non-hydrogen) atoms. The van der Waals surface area contributed by atoms with Crippen LogP contribution in [0.4, 0.5) is 0 Å². The smallest absolute Gasteiger partial charge is 0.310 e. The van der Waals surface area contributed by atoms with Crippen molar-refractivity contribution in [3.8, 4) is 0 Å². The molecule has 198 valence electrons. The predicted molar refractivity (Wildman–Crippen MR) is 135 cm³/mol. The molecule has 5 aliphatic rings. The molecule has 0 aliphatic heterocycles. The second kappa shape index (κ2) is 7.35. The summed E-state index contributed by atoms with van der Waals surface area (Å²) in [4.78, 5) is 12.8. The van der Waals surface area contributed by atoms with Gasteiger partial charge in [0, 0.05) is 10.8 Å². The van der Waals surface area contributed by atoms with Gasteiger partial charge in [-0.2, -0.15) is 0 Å². The fourth-order valence-corrected chi connectivity index (χ4v) is 10.9. The number of rotatable bonds is 1. The molecule has 11 unspecified atom stereocenters. The molecule has 4 saturated carbocycles. The molecular formula is C30H48O5. The maximum atomic E-state index is 12.8. The summed E-state index contributed by atoms with van der Waals surface area (Å²) in [6.07, 6.45) is 6.57. The van der Waals surface area contributed by atoms with Crippen molar-refractivity contribution in [2.75, 3.05) is 0 Å². The highest BCUT2D eigenvalue weighted by molar-refractivity contribution is 5.76. The van der Waals surface area contributed by atoms with Gasteiger partial charge in [-0.1, -0.05) is 60.1 Å². The average molecular weight is 489 g/mol. The highest BCUT2D eigenvalue weighted by atomic mass is 16.4. The molecule has 0 aromatic heterocycles. The number of aliphatic hydroxyl groups excluding tert-OH is 2. The molecule has 0 amide bonds. The maximum Gasteiger partial charge on any atom is 0.310 e. The van der Waals surface area contributed by atoms with E-state index in [1.165, 1.54) is 5.57 Å². The first-order valence-corrected chi connectivity index (χ1v) is 14.1. The van der Waals surface area contributed by atoms with E-state index in [0.29, 0.717) is 37.5 Å². The molecule has 0 spiro atoms. The third-order valence-corrected chi connectivity index (χ3v) is 13.6. The van der Waals surface area contributed by atoms with Gasteiger partial charge >= 0.3 is 5.97 Å². The molecule has 5 aliphatic carbocycles. The van der Waals surface area contributed by atoms with Gasteiger partial charge in [0.05, 0.1) is 17.6 Å². The van der Waals surface area contributed by atoms with Crippen LogP contribution in [0, 0.1) is 50.7 Å². The Labute approximate surface area is 211 Å². The summed E-state index contributed by atoms with van der Waals surface area (Å²) in [5.74, 6) is 0.329. The van der Waals surface area contributed by atoms with Gasteiger partial charge in [-0.3, -0.25) is 4.79 Å². The average Bonchev–Trinajstić information content (AvgIpc) is 2.78. The number of aliphatic hydroxyl groups is 3. The molecule has 0 radical (unpaired) electrons. The van der Waals surface area contributed by atoms with E-state index in [4.69, 9.17) is 0 Å². The molecule has 0 saturated heterocycles. The van der Waals surface area contributed by atoms with Crippen LogP contribution in [0.3, 0.4) is 0 Å². The first kappa shape index (κ1) is 25.7. The van der Waals surface area contributed by atoms with Crippen molar-refractivity contribution < 1.29 is 25.2 Å². The van der Waals surface area contributed by atoms with Crippen molar-refractivity contribution in [3.63, 3.8) is 0 Å². The van der Waals surface area contributed by atoms with Crippen LogP contribution in [0.25, 0.3) is 0 Å². The Bertz CT molecular complexity index is 956. The standard InChI is InChI=1S/C30H48O5/c1-17-10-13-29(24(33)34)15-14-26(5)19(23(29)18(17)2)8-9-20-27(6)12-11-21(31)25(3,4)30(27,35)22(32)16-28(20,26)7/h8,17-18,20-23,31-32,35H,9-16H2,1-7H3,(H,33,34). The molecule has 0 bridgehead atoms. The normalized spacial score (nSPS) is 57.1. The molecule has 5 nitrogen and oxygen atoms in total. The molecular weight excluding hydrogens is 440 g/mol. The predicted octanol–water partition coefficient (Wildman–Crippen LogP) is 5.18. The molecule has 0 heterocycles. The van der Waals surface area contributed by atoms with Crippen LogP contribution in [-0.2, 0) is 4.79 Å². The molecule has 5 rings (SSSR count). The van der Waals surface area contributed by atoms with E-state index in [9.17, 15) is 25.2 Å². The van der Waals surface area contributed by atoms with E-state index < -0.39 is 40.0 Å². The minimum absolute atomic E-state index is 0.0238. The Hall–Kier alpha value is -0.910. The highest BCUT2D eigenvalue weighted by Crippen LogP contribution is 2.76. The number of hydrogen-bond acceptors (Lipinski definition) is 4. The molecule has 5 heteroatoms. The number of carboxylic acids is 1. The number of aliphatic carboxylic acids is 1. The minimum atomic E-state index is -1.38. The summed E-state index contributed by atoms with van der Waals surface area (Å²) in [6.45, 7) is 15.2. The van der Waals surface area contributed by atoms with Crippen molar-refractivity contribution in [1.29, 1.82) is 0 Å². The van der Waals surface area contributed by atoms with E-state index in [2.05, 4.69) is 40.7 Å². The molecule has 11 atom stereocenters. The molecule has 0 aromatic rings. The van der Waals surface area contributed by atoms with Crippen LogP contribution in [-0.4, -0.2) is 44.2 Å². The summed E-state index contributed by atoms with van der Waals surface area (Å²) in [6, 6.07) is 0. The fraction of sp³-hybridized carbons (Fsp3) is 0.900. The van der Waals surface area contributed by atoms with E-state index in [0.717, 1.165) is 25.7 Å². The Kier molecular flexibility index (Phi) is 5.40. The van der Waals surface area contributed by atoms with Gasteiger partial charge in [0.15, 0.2) is 0 Å². The largest absolute Gasteiger partial charge is 0.481 e. The van der Waals surface area contributed by atoms with Gasteiger partial charge in [0.1, 0.15) is 5.60 Å². The van der Waals surface area contributed by atoms with Crippen LogP contribution in [0.1, 0.15) is 99.8 Å². The zero-order valence-corrected chi connectivity index (χ0v) is 22.9. The van der Waals surface area contributed by atoms with E-state index in [1.54, 1.807) is 0 Å². The SMILES string of the molecule is CC1CCC2(C(=O)O)CCC3(C)C(=CCC4C3(C)CC(O)C3(O)C(C)(C)C(O)CCC43C)C2C1C. The quantitative estimate of drug-likeness (QED) is 0.382. The Morgan fingerprint density at radius 3 is 2.20 bits per heavy atom. The Morgan fingerprint density at radius 1 is 0.914 bits per heavy atom. The van der Waals surface area contributed by atoms with Crippen molar-refractivity contribution in [3.05, 3.63) is 11.6 Å². The summed E-state index contributed by atoms with van der Waals surface area (Å²) >= 11 is 0. The monoisotopic (exact) mass is 488 g/mol. The second-order valence-electron chi connectivity index (χ2n) is 14.7. The molecule has 4 fully saturated rings. The number of hydrogen-bond donors (Lipinski definition) is 4. The van der Waals surface area contributed by atoms with Gasteiger partial charge in [0.2, 0.25) is 0 Å². The molecule has 0 aromatic carbocycles. The van der Waals surface area contributed by atoms with Gasteiger partial charge in [-0.05, 0) is 85.9 Å². The van der Waals surface area contributed by atoms with Crippen LogP contribution < -0.4 is 0 Å². The van der Waals surface area contributed by atoms with Crippen LogP contribution in [0.5, 0.6) is 0 Å². The van der Waals surface area contributed by atoms with Crippen LogP contribution in [0.15, 0.2) is 11.6 Å². The van der Waals surface area contributed by atoms with E-state index >= 15 is 0 Å². The van der Waals surface area contributed by atoms with Crippen LogP contribution in [0.2, 0.25) is 0 Å². The van der Waals surface area contributed by atoms with Crippen molar-refractivity contribution in [2.24, 2.45) is 50.7 Å². The third-order valence-electron chi connectivity index (χ3n) is 13.6. The number of carboxylic acid groups (broad SMARTS) is 1. The fourth-order valence-electron chi connectivity index (χ4n) is 10.9. The maximum absolute atomic E-state index is 12.8. The summed E-state index contributed by atoms with van der Waals surface area (Å²) in [5, 5.41) is 45.5. The zero-order valence-electron chi connectivity index (χ0n) is 22.9. The minimum Gasteiger partial charge on any atom is -0.481 e.